The zero-order valence-electron chi connectivity index (χ0n) is 15.9. The molecule has 23 heavy (non-hydrogen) atoms. The summed E-state index contributed by atoms with van der Waals surface area (Å²) in [5, 5.41) is 0. The largest absolute Gasteiger partial charge is 0.380 e. The van der Waals surface area contributed by atoms with E-state index in [2.05, 4.69) is 25.9 Å². The van der Waals surface area contributed by atoms with Crippen LogP contribution < -0.4 is 0 Å². The smallest absolute Gasteiger partial charge is 0.0814 e. The fourth-order valence-corrected chi connectivity index (χ4v) is 2.75. The Kier molecular flexibility index (Phi) is 24.1. The Hall–Kier alpha value is -0.0151. The summed E-state index contributed by atoms with van der Waals surface area (Å²) in [5.41, 5.74) is 0. The van der Waals surface area contributed by atoms with Gasteiger partial charge >= 0.3 is 0 Å². The second kappa shape index (κ2) is 22.0. The van der Waals surface area contributed by atoms with E-state index < -0.39 is 0 Å². The number of rotatable bonds is 18. The predicted octanol–water partition coefficient (Wildman–Crippen LogP) is 4.86. The first-order valence-electron chi connectivity index (χ1n) is 10.00. The van der Waals surface area contributed by atoms with Gasteiger partial charge in [0.2, 0.25) is 0 Å². The minimum Gasteiger partial charge on any atom is -0.380 e. The van der Waals surface area contributed by atoms with E-state index in [9.17, 15) is 0 Å². The van der Waals surface area contributed by atoms with Crippen LogP contribution in [0.3, 0.4) is 0 Å². The molecule has 0 spiro atoms. The van der Waals surface area contributed by atoms with Gasteiger partial charge in [-0.15, -0.1) is 0 Å². The van der Waals surface area contributed by atoms with Crippen LogP contribution >= 0.6 is 0 Å². The van der Waals surface area contributed by atoms with Gasteiger partial charge in [-0.05, 0) is 20.5 Å². The molecule has 0 aromatic rings. The molecule has 0 aliphatic rings. The SMILES string of the molecule is B.CCCCCCCCCCCCCCCCOCCN(C)C. The standard InChI is InChI=1S/C20H43NO.BH3/c1-4-5-6-7-8-9-10-11-12-13-14-15-16-17-19-22-20-18-21(2)3;/h4-20H2,1-3H3;1H3. The summed E-state index contributed by atoms with van der Waals surface area (Å²) in [4.78, 5) is 2.17. The number of ether oxygens (including phenoxy) is 1. The molecule has 0 radical (unpaired) electrons. The van der Waals surface area contributed by atoms with Gasteiger partial charge in [0.15, 0.2) is 0 Å². The highest BCUT2D eigenvalue weighted by atomic mass is 16.5. The van der Waals surface area contributed by atoms with Crippen molar-refractivity contribution in [2.24, 2.45) is 0 Å². The lowest BCUT2D eigenvalue weighted by Gasteiger charge is -2.09. The summed E-state index contributed by atoms with van der Waals surface area (Å²) < 4.78 is 5.61. The summed E-state index contributed by atoms with van der Waals surface area (Å²) in [7, 11) is 4.19. The third-order valence-electron chi connectivity index (χ3n) is 4.33. The van der Waals surface area contributed by atoms with E-state index in [-0.39, 0.29) is 8.41 Å². The number of nitrogens with zero attached hydrogens (tertiary/aromatic N) is 1. The molecule has 0 aliphatic carbocycles. The predicted molar refractivity (Wildman–Crippen MR) is 110 cm³/mol. The average molecular weight is 327 g/mol. The lowest BCUT2D eigenvalue weighted by atomic mass is 10.0. The summed E-state index contributed by atoms with van der Waals surface area (Å²) in [6, 6.07) is 0. The summed E-state index contributed by atoms with van der Waals surface area (Å²) in [5.74, 6) is 0. The van der Waals surface area contributed by atoms with Gasteiger partial charge in [0.25, 0.3) is 0 Å². The molecule has 140 valence electrons. The molecule has 0 fully saturated rings. The van der Waals surface area contributed by atoms with E-state index in [0.717, 1.165) is 19.8 Å². The first-order chi connectivity index (χ1) is 10.8. The quantitative estimate of drug-likeness (QED) is 0.263. The molecule has 0 aromatic heterocycles. The third kappa shape index (κ3) is 24.4. The van der Waals surface area contributed by atoms with Crippen molar-refractivity contribution in [3.8, 4) is 0 Å². The fraction of sp³-hybridized carbons (Fsp3) is 1.00. The first kappa shape index (κ1) is 25.2. The third-order valence-corrected chi connectivity index (χ3v) is 4.33. The van der Waals surface area contributed by atoms with E-state index in [1.807, 2.05) is 0 Å². The lowest BCUT2D eigenvalue weighted by molar-refractivity contribution is 0.114. The van der Waals surface area contributed by atoms with Crippen LogP contribution in [-0.4, -0.2) is 47.2 Å². The van der Waals surface area contributed by atoms with Gasteiger partial charge in [-0.2, -0.15) is 0 Å². The molecule has 0 N–H and O–H groups in total. The van der Waals surface area contributed by atoms with Crippen LogP contribution in [0.1, 0.15) is 96.8 Å². The fourth-order valence-electron chi connectivity index (χ4n) is 2.75. The van der Waals surface area contributed by atoms with Crippen molar-refractivity contribution in [3.63, 3.8) is 0 Å². The molecule has 0 amide bonds. The molecule has 3 heteroatoms. The first-order valence-corrected chi connectivity index (χ1v) is 10.00. The van der Waals surface area contributed by atoms with E-state index in [1.165, 1.54) is 89.9 Å². The Balaban J connectivity index is 0. The lowest BCUT2D eigenvalue weighted by Crippen LogP contribution is -2.18. The van der Waals surface area contributed by atoms with Gasteiger partial charge in [0.1, 0.15) is 0 Å². The normalized spacial score (nSPS) is 11.0. The molecule has 0 saturated carbocycles. The van der Waals surface area contributed by atoms with Crippen molar-refractivity contribution >= 4 is 8.41 Å². The van der Waals surface area contributed by atoms with Crippen molar-refractivity contribution < 1.29 is 4.74 Å². The number of likely N-dealkylation sites (N-methyl/N-ethyl adjacent to an activating group) is 1. The molecular weight excluding hydrogens is 281 g/mol. The van der Waals surface area contributed by atoms with E-state index in [0.29, 0.717) is 0 Å². The maximum Gasteiger partial charge on any atom is 0.0814 e. The second-order valence-corrected chi connectivity index (χ2v) is 7.01. The topological polar surface area (TPSA) is 12.5 Å². The van der Waals surface area contributed by atoms with Gasteiger partial charge in [0.05, 0.1) is 15.0 Å². The zero-order chi connectivity index (χ0) is 16.3. The Labute approximate surface area is 149 Å². The van der Waals surface area contributed by atoms with Gasteiger partial charge in [0, 0.05) is 13.2 Å². The van der Waals surface area contributed by atoms with Crippen LogP contribution in [0.2, 0.25) is 0 Å². The number of hydrogen-bond donors (Lipinski definition) is 0. The van der Waals surface area contributed by atoms with Gasteiger partial charge in [-0.1, -0.05) is 90.4 Å². The number of hydrogen-bond acceptors (Lipinski definition) is 2. The molecule has 0 unspecified atom stereocenters. The Morgan fingerprint density at radius 1 is 0.565 bits per heavy atom. The van der Waals surface area contributed by atoms with Crippen LogP contribution in [0, 0.1) is 0 Å². The van der Waals surface area contributed by atoms with Gasteiger partial charge < -0.3 is 9.64 Å². The highest BCUT2D eigenvalue weighted by Crippen LogP contribution is 2.12. The van der Waals surface area contributed by atoms with Crippen molar-refractivity contribution in [1.29, 1.82) is 0 Å². The molecule has 0 saturated heterocycles. The van der Waals surface area contributed by atoms with Crippen LogP contribution in [-0.2, 0) is 4.74 Å². The second-order valence-electron chi connectivity index (χ2n) is 7.01. The van der Waals surface area contributed by atoms with Crippen molar-refractivity contribution in [2.45, 2.75) is 96.8 Å². The van der Waals surface area contributed by atoms with Gasteiger partial charge in [-0.25, -0.2) is 0 Å². The van der Waals surface area contributed by atoms with Crippen molar-refractivity contribution in [3.05, 3.63) is 0 Å². The van der Waals surface area contributed by atoms with E-state index >= 15 is 0 Å². The molecule has 2 nitrogen and oxygen atoms in total. The molecule has 0 atom stereocenters. The highest BCUT2D eigenvalue weighted by molar-refractivity contribution is 5.75. The Morgan fingerprint density at radius 3 is 1.35 bits per heavy atom. The Morgan fingerprint density at radius 2 is 0.957 bits per heavy atom. The van der Waals surface area contributed by atoms with Crippen LogP contribution in [0.5, 0.6) is 0 Å². The number of unbranched alkanes of at least 4 members (excludes halogenated alkanes) is 13. The molecule has 0 heterocycles. The summed E-state index contributed by atoms with van der Waals surface area (Å²) >= 11 is 0. The van der Waals surface area contributed by atoms with Crippen molar-refractivity contribution in [1.82, 2.24) is 4.90 Å². The van der Waals surface area contributed by atoms with Crippen molar-refractivity contribution in [2.75, 3.05) is 33.9 Å². The maximum absolute atomic E-state index is 5.61. The highest BCUT2D eigenvalue weighted by Gasteiger charge is 1.95. The molecular formula is C20H46BNO. The maximum atomic E-state index is 5.61. The monoisotopic (exact) mass is 327 g/mol. The van der Waals surface area contributed by atoms with Gasteiger partial charge in [-0.3, -0.25) is 0 Å². The minimum absolute atomic E-state index is 0. The minimum atomic E-state index is 0. The molecule has 0 aliphatic heterocycles. The van der Waals surface area contributed by atoms with Crippen LogP contribution in [0.25, 0.3) is 0 Å². The van der Waals surface area contributed by atoms with E-state index in [4.69, 9.17) is 4.74 Å². The summed E-state index contributed by atoms with van der Waals surface area (Å²) in [6.45, 7) is 5.16. The van der Waals surface area contributed by atoms with Crippen LogP contribution in [0.4, 0.5) is 0 Å². The zero-order valence-corrected chi connectivity index (χ0v) is 15.9. The average Bonchev–Trinajstić information content (AvgIpc) is 2.50. The van der Waals surface area contributed by atoms with Crippen LogP contribution in [0.15, 0.2) is 0 Å². The molecule has 0 aromatic carbocycles. The molecule has 0 rings (SSSR count). The molecule has 0 bridgehead atoms. The summed E-state index contributed by atoms with van der Waals surface area (Å²) in [6.07, 6.45) is 19.9. The van der Waals surface area contributed by atoms with E-state index in [1.54, 1.807) is 0 Å². The Bertz CT molecular complexity index is 200.